The molecule has 0 saturated carbocycles. The number of aryl methyl sites for hydroxylation is 1. The van der Waals surface area contributed by atoms with Gasteiger partial charge in [0.05, 0.1) is 12.2 Å². The first-order valence-corrected chi connectivity index (χ1v) is 11.5. The zero-order chi connectivity index (χ0) is 23.2. The van der Waals surface area contributed by atoms with Crippen LogP contribution in [0, 0.1) is 18.6 Å². The second-order valence-corrected chi connectivity index (χ2v) is 9.41. The third kappa shape index (κ3) is 3.64. The molecule has 1 atom stereocenters. The van der Waals surface area contributed by atoms with Crippen LogP contribution in [0.2, 0.25) is 0 Å². The summed E-state index contributed by atoms with van der Waals surface area (Å²) in [6.45, 7) is 2.40. The Hall–Kier alpha value is -3.39. The van der Waals surface area contributed by atoms with E-state index in [9.17, 15) is 18.4 Å². The molecule has 0 aromatic heterocycles. The van der Waals surface area contributed by atoms with Gasteiger partial charge in [-0.3, -0.25) is 9.69 Å². The van der Waals surface area contributed by atoms with Gasteiger partial charge in [0.25, 0.3) is 5.91 Å². The molecular formula is C25H21F2N3O2S. The second kappa shape index (κ2) is 8.19. The van der Waals surface area contributed by atoms with Crippen LogP contribution < -0.4 is 10.2 Å². The smallest absolute Gasteiger partial charge is 0.308 e. The molecule has 0 radical (unpaired) electrons. The molecule has 33 heavy (non-hydrogen) atoms. The van der Waals surface area contributed by atoms with Crippen LogP contribution in [0.4, 0.5) is 25.0 Å². The van der Waals surface area contributed by atoms with Gasteiger partial charge >= 0.3 is 6.03 Å². The molecule has 0 bridgehead atoms. The van der Waals surface area contributed by atoms with Gasteiger partial charge in [0, 0.05) is 23.5 Å². The van der Waals surface area contributed by atoms with Gasteiger partial charge in [-0.15, -0.1) is 11.8 Å². The molecule has 1 N–H and O–H groups in total. The quantitative estimate of drug-likeness (QED) is 0.575. The highest BCUT2D eigenvalue weighted by Crippen LogP contribution is 2.54. The third-order valence-electron chi connectivity index (χ3n) is 5.93. The van der Waals surface area contributed by atoms with Gasteiger partial charge in [-0.05, 0) is 55.0 Å². The molecule has 168 valence electrons. The average Bonchev–Trinajstić information content (AvgIpc) is 3.33. The highest BCUT2D eigenvalue weighted by molar-refractivity contribution is 8.01. The zero-order valence-electron chi connectivity index (χ0n) is 17.8. The molecule has 5 nitrogen and oxygen atoms in total. The number of hydrogen-bond donors (Lipinski definition) is 1. The maximum Gasteiger partial charge on any atom is 0.323 e. The molecule has 2 aliphatic heterocycles. The SMILES string of the molecule is Cc1ccc(NC(=O)N2CCS[C@@]23C(=O)N(Cc2cccc(F)c2)c2ccc(F)cc23)cc1. The van der Waals surface area contributed by atoms with Crippen molar-refractivity contribution in [2.75, 3.05) is 22.5 Å². The number of rotatable bonds is 3. The molecule has 0 aliphatic carbocycles. The van der Waals surface area contributed by atoms with E-state index in [1.807, 2.05) is 19.1 Å². The number of carbonyl (C=O) groups is 2. The molecule has 0 unspecified atom stereocenters. The van der Waals surface area contributed by atoms with E-state index in [0.717, 1.165) is 5.56 Å². The van der Waals surface area contributed by atoms with Crippen LogP contribution >= 0.6 is 11.8 Å². The van der Waals surface area contributed by atoms with E-state index in [-0.39, 0.29) is 12.5 Å². The van der Waals surface area contributed by atoms with Crippen molar-refractivity contribution in [2.24, 2.45) is 0 Å². The molecule has 2 aliphatic rings. The first-order chi connectivity index (χ1) is 15.9. The first kappa shape index (κ1) is 21.5. The van der Waals surface area contributed by atoms with Crippen molar-refractivity contribution in [3.05, 3.63) is 95.1 Å². The predicted octanol–water partition coefficient (Wildman–Crippen LogP) is 5.25. The minimum atomic E-state index is -1.38. The summed E-state index contributed by atoms with van der Waals surface area (Å²) < 4.78 is 28.1. The normalized spacial score (nSPS) is 19.3. The fraction of sp³-hybridized carbons (Fsp3) is 0.200. The Bertz CT molecular complexity index is 1250. The van der Waals surface area contributed by atoms with E-state index < -0.39 is 22.5 Å². The number of nitrogens with zero attached hydrogens (tertiary/aromatic N) is 2. The van der Waals surface area contributed by atoms with Crippen molar-refractivity contribution in [1.82, 2.24) is 4.90 Å². The molecule has 2 heterocycles. The van der Waals surface area contributed by atoms with Crippen molar-refractivity contribution in [3.63, 3.8) is 0 Å². The minimum Gasteiger partial charge on any atom is -0.308 e. The number of amides is 3. The van der Waals surface area contributed by atoms with E-state index in [0.29, 0.717) is 34.8 Å². The number of fused-ring (bicyclic) bond motifs is 2. The van der Waals surface area contributed by atoms with Gasteiger partial charge in [-0.1, -0.05) is 29.8 Å². The summed E-state index contributed by atoms with van der Waals surface area (Å²) in [5.41, 5.74) is 3.23. The third-order valence-corrected chi connectivity index (χ3v) is 7.35. The lowest BCUT2D eigenvalue weighted by molar-refractivity contribution is -0.123. The maximum absolute atomic E-state index is 14.3. The van der Waals surface area contributed by atoms with Crippen LogP contribution in [-0.2, 0) is 16.2 Å². The summed E-state index contributed by atoms with van der Waals surface area (Å²) in [7, 11) is 0. The van der Waals surface area contributed by atoms with E-state index in [1.165, 1.54) is 45.8 Å². The summed E-state index contributed by atoms with van der Waals surface area (Å²) >= 11 is 1.31. The molecule has 3 aromatic rings. The van der Waals surface area contributed by atoms with Crippen molar-refractivity contribution in [2.45, 2.75) is 18.3 Å². The number of benzene rings is 3. The number of urea groups is 1. The van der Waals surface area contributed by atoms with Gasteiger partial charge in [-0.25, -0.2) is 13.6 Å². The fourth-order valence-corrected chi connectivity index (χ4v) is 5.84. The van der Waals surface area contributed by atoms with E-state index in [2.05, 4.69) is 5.32 Å². The van der Waals surface area contributed by atoms with Crippen molar-refractivity contribution < 1.29 is 18.4 Å². The van der Waals surface area contributed by atoms with Crippen LogP contribution in [-0.4, -0.2) is 29.1 Å². The van der Waals surface area contributed by atoms with E-state index in [4.69, 9.17) is 0 Å². The van der Waals surface area contributed by atoms with Crippen molar-refractivity contribution in [1.29, 1.82) is 0 Å². The van der Waals surface area contributed by atoms with Crippen LogP contribution in [0.3, 0.4) is 0 Å². The summed E-state index contributed by atoms with van der Waals surface area (Å²) in [4.78, 5) is 28.8. The topological polar surface area (TPSA) is 52.7 Å². The van der Waals surface area contributed by atoms with Crippen molar-refractivity contribution in [3.8, 4) is 0 Å². The molecule has 1 saturated heterocycles. The Kier molecular flexibility index (Phi) is 5.32. The zero-order valence-corrected chi connectivity index (χ0v) is 18.7. The molecule has 1 fully saturated rings. The number of thioether (sulfide) groups is 1. The number of carbonyl (C=O) groups excluding carboxylic acids is 2. The molecule has 1 spiro atoms. The predicted molar refractivity (Wildman–Crippen MR) is 125 cm³/mol. The maximum atomic E-state index is 14.3. The van der Waals surface area contributed by atoms with Gasteiger partial charge in [0.1, 0.15) is 11.6 Å². The lowest BCUT2D eigenvalue weighted by Crippen LogP contribution is -2.51. The Morgan fingerprint density at radius 3 is 2.58 bits per heavy atom. The van der Waals surface area contributed by atoms with Gasteiger partial charge < -0.3 is 10.2 Å². The highest BCUT2D eigenvalue weighted by atomic mass is 32.2. The molecular weight excluding hydrogens is 444 g/mol. The number of anilines is 2. The minimum absolute atomic E-state index is 0.116. The molecule has 8 heteroatoms. The number of nitrogens with one attached hydrogen (secondary N) is 1. The standard InChI is InChI=1S/C25H21F2N3O2S/c1-16-5-8-20(9-6-16)28-24(32)30-11-12-33-25(30)21-14-19(27)7-10-22(21)29(23(25)31)15-17-3-2-4-18(26)13-17/h2-10,13-14H,11-12,15H2,1H3,(H,28,32)/t25-/m0/s1. The Balaban J connectivity index is 1.53. The largest absolute Gasteiger partial charge is 0.323 e. The Morgan fingerprint density at radius 2 is 1.82 bits per heavy atom. The van der Waals surface area contributed by atoms with Gasteiger partial charge in [0.15, 0.2) is 4.87 Å². The van der Waals surface area contributed by atoms with E-state index in [1.54, 1.807) is 30.3 Å². The highest BCUT2D eigenvalue weighted by Gasteiger charge is 2.59. The Morgan fingerprint density at radius 1 is 1.06 bits per heavy atom. The summed E-state index contributed by atoms with van der Waals surface area (Å²) in [6, 6.07) is 17.1. The second-order valence-electron chi connectivity index (χ2n) is 8.12. The first-order valence-electron chi connectivity index (χ1n) is 10.5. The lowest BCUT2D eigenvalue weighted by Gasteiger charge is -2.33. The molecule has 3 amide bonds. The van der Waals surface area contributed by atoms with Gasteiger partial charge in [-0.2, -0.15) is 0 Å². The van der Waals surface area contributed by atoms with Crippen LogP contribution in [0.15, 0.2) is 66.7 Å². The summed E-state index contributed by atoms with van der Waals surface area (Å²) in [6.07, 6.45) is 0. The van der Waals surface area contributed by atoms with E-state index >= 15 is 0 Å². The molecule has 3 aromatic carbocycles. The fourth-order valence-electron chi connectivity index (χ4n) is 4.39. The summed E-state index contributed by atoms with van der Waals surface area (Å²) in [5.74, 6) is -0.701. The van der Waals surface area contributed by atoms with Crippen LogP contribution in [0.25, 0.3) is 0 Å². The van der Waals surface area contributed by atoms with Crippen LogP contribution in [0.1, 0.15) is 16.7 Å². The monoisotopic (exact) mass is 465 g/mol. The van der Waals surface area contributed by atoms with Crippen LogP contribution in [0.5, 0.6) is 0 Å². The number of hydrogen-bond acceptors (Lipinski definition) is 3. The summed E-state index contributed by atoms with van der Waals surface area (Å²) in [5, 5.41) is 2.86. The number of halogens is 2. The average molecular weight is 466 g/mol. The lowest BCUT2D eigenvalue weighted by atomic mass is 10.1. The Labute approximate surface area is 194 Å². The van der Waals surface area contributed by atoms with Gasteiger partial charge in [0.2, 0.25) is 0 Å². The van der Waals surface area contributed by atoms with Crippen molar-refractivity contribution >= 4 is 35.1 Å². The molecule has 5 rings (SSSR count).